The summed E-state index contributed by atoms with van der Waals surface area (Å²) >= 11 is 5.92. The number of aryl methyl sites for hydroxylation is 1. The lowest BCUT2D eigenvalue weighted by atomic mass is 10.2. The topological polar surface area (TPSA) is 63.3 Å². The molecule has 0 unspecified atom stereocenters. The molecule has 5 heteroatoms. The Balaban J connectivity index is 3.17. The maximum atomic E-state index is 10.5. The first-order valence-electron chi connectivity index (χ1n) is 3.16. The zero-order valence-electron chi connectivity index (χ0n) is 6.33. The van der Waals surface area contributed by atoms with Crippen LogP contribution in [0.3, 0.4) is 0 Å². The van der Waals surface area contributed by atoms with Crippen LogP contribution in [0.2, 0.25) is 0 Å². The summed E-state index contributed by atoms with van der Waals surface area (Å²) in [5, 5.41) is 8.63. The van der Waals surface area contributed by atoms with Crippen LogP contribution >= 0.6 is 23.6 Å². The zero-order chi connectivity index (χ0) is 9.30. The molecular weight excluding hydrogens is 194 g/mol. The fraction of sp³-hybridized carbons (Fsp3) is 0.143. The van der Waals surface area contributed by atoms with Crippen molar-refractivity contribution < 1.29 is 9.90 Å². The molecule has 0 spiro atoms. The number of nitrogens with two attached hydrogens (primary N) is 1. The second-order valence-corrected chi connectivity index (χ2v) is 3.95. The van der Waals surface area contributed by atoms with Crippen LogP contribution in [0.5, 0.6) is 0 Å². The number of carboxylic acids is 1. The van der Waals surface area contributed by atoms with Gasteiger partial charge in [0.25, 0.3) is 0 Å². The third-order valence-corrected chi connectivity index (χ3v) is 2.65. The van der Waals surface area contributed by atoms with Crippen molar-refractivity contribution in [2.45, 2.75) is 6.92 Å². The Morgan fingerprint density at radius 3 is 2.58 bits per heavy atom. The van der Waals surface area contributed by atoms with Crippen LogP contribution in [-0.2, 0) is 0 Å². The molecule has 64 valence electrons. The average molecular weight is 201 g/mol. The quantitative estimate of drug-likeness (QED) is 0.710. The molecule has 0 saturated carbocycles. The second-order valence-electron chi connectivity index (χ2n) is 2.25. The highest BCUT2D eigenvalue weighted by molar-refractivity contribution is 7.80. The van der Waals surface area contributed by atoms with Gasteiger partial charge in [0.2, 0.25) is 0 Å². The summed E-state index contributed by atoms with van der Waals surface area (Å²) in [6.45, 7) is 1.80. The maximum Gasteiger partial charge on any atom is 0.345 e. The van der Waals surface area contributed by atoms with E-state index in [4.69, 9.17) is 23.1 Å². The van der Waals surface area contributed by atoms with E-state index in [0.717, 1.165) is 4.88 Å². The monoisotopic (exact) mass is 201 g/mol. The van der Waals surface area contributed by atoms with Crippen LogP contribution in [0.4, 0.5) is 0 Å². The van der Waals surface area contributed by atoms with E-state index < -0.39 is 5.97 Å². The van der Waals surface area contributed by atoms with Crippen LogP contribution < -0.4 is 5.73 Å². The van der Waals surface area contributed by atoms with Crippen molar-refractivity contribution in [1.82, 2.24) is 0 Å². The number of aromatic carboxylic acids is 1. The Morgan fingerprint density at radius 2 is 2.33 bits per heavy atom. The normalized spacial score (nSPS) is 9.75. The van der Waals surface area contributed by atoms with Gasteiger partial charge >= 0.3 is 5.97 Å². The van der Waals surface area contributed by atoms with Gasteiger partial charge in [0.1, 0.15) is 9.87 Å². The third-order valence-electron chi connectivity index (χ3n) is 1.39. The summed E-state index contributed by atoms with van der Waals surface area (Å²) in [7, 11) is 0. The molecule has 0 aliphatic rings. The summed E-state index contributed by atoms with van der Waals surface area (Å²) in [5.74, 6) is -0.939. The molecule has 1 heterocycles. The summed E-state index contributed by atoms with van der Waals surface area (Å²) < 4.78 is 0. The molecule has 12 heavy (non-hydrogen) atoms. The summed E-state index contributed by atoms with van der Waals surface area (Å²) in [4.78, 5) is 11.9. The minimum atomic E-state index is -0.939. The summed E-state index contributed by atoms with van der Waals surface area (Å²) in [6, 6.07) is 1.50. The van der Waals surface area contributed by atoms with E-state index in [9.17, 15) is 4.79 Å². The Hall–Kier alpha value is -0.940. The van der Waals surface area contributed by atoms with Gasteiger partial charge in [-0.05, 0) is 13.0 Å². The highest BCUT2D eigenvalue weighted by Gasteiger charge is 2.11. The summed E-state index contributed by atoms with van der Waals surface area (Å²) in [5.41, 5.74) is 6.03. The molecule has 0 saturated heterocycles. The van der Waals surface area contributed by atoms with Gasteiger partial charge < -0.3 is 10.8 Å². The number of thiophene rings is 1. The molecule has 0 aliphatic heterocycles. The molecule has 1 aromatic heterocycles. The Morgan fingerprint density at radius 1 is 1.75 bits per heavy atom. The molecule has 0 fully saturated rings. The van der Waals surface area contributed by atoms with E-state index in [1.54, 1.807) is 6.92 Å². The largest absolute Gasteiger partial charge is 0.477 e. The highest BCUT2D eigenvalue weighted by atomic mass is 32.1. The SMILES string of the molecule is Cc1sc(C(=O)O)cc1C(N)=S. The molecule has 0 atom stereocenters. The molecule has 1 aromatic rings. The zero-order valence-corrected chi connectivity index (χ0v) is 7.96. The van der Waals surface area contributed by atoms with E-state index in [1.165, 1.54) is 17.4 Å². The number of rotatable bonds is 2. The first kappa shape index (κ1) is 9.15. The van der Waals surface area contributed by atoms with Gasteiger partial charge in [0.15, 0.2) is 0 Å². The van der Waals surface area contributed by atoms with E-state index in [1.807, 2.05) is 0 Å². The standard InChI is InChI=1S/C7H7NO2S2/c1-3-4(6(8)11)2-5(12-3)7(9)10/h2H,1H3,(H2,8,11)(H,9,10). The predicted molar refractivity (Wildman–Crippen MR) is 51.9 cm³/mol. The molecule has 0 aliphatic carbocycles. The first-order chi connectivity index (χ1) is 5.52. The Kier molecular flexibility index (Phi) is 2.44. The molecule has 0 bridgehead atoms. The van der Waals surface area contributed by atoms with Crippen molar-refractivity contribution >= 4 is 34.5 Å². The van der Waals surface area contributed by atoms with Crippen LogP contribution in [0.15, 0.2) is 6.07 Å². The minimum absolute atomic E-state index is 0.247. The van der Waals surface area contributed by atoms with Crippen molar-refractivity contribution in [2.75, 3.05) is 0 Å². The van der Waals surface area contributed by atoms with Gasteiger partial charge in [-0.15, -0.1) is 11.3 Å². The highest BCUT2D eigenvalue weighted by Crippen LogP contribution is 2.21. The van der Waals surface area contributed by atoms with Crippen molar-refractivity contribution in [3.8, 4) is 0 Å². The maximum absolute atomic E-state index is 10.5. The van der Waals surface area contributed by atoms with Gasteiger partial charge in [0, 0.05) is 10.4 Å². The van der Waals surface area contributed by atoms with Crippen LogP contribution in [0.25, 0.3) is 0 Å². The van der Waals surface area contributed by atoms with Crippen LogP contribution in [-0.4, -0.2) is 16.1 Å². The van der Waals surface area contributed by atoms with E-state index in [0.29, 0.717) is 5.56 Å². The molecule has 0 amide bonds. The lowest BCUT2D eigenvalue weighted by Gasteiger charge is -1.91. The van der Waals surface area contributed by atoms with Crippen molar-refractivity contribution in [3.05, 3.63) is 21.4 Å². The van der Waals surface area contributed by atoms with E-state index in [2.05, 4.69) is 0 Å². The number of hydrogen-bond acceptors (Lipinski definition) is 3. The smallest absolute Gasteiger partial charge is 0.345 e. The number of carboxylic acid groups (broad SMARTS) is 1. The van der Waals surface area contributed by atoms with E-state index >= 15 is 0 Å². The van der Waals surface area contributed by atoms with Crippen molar-refractivity contribution in [1.29, 1.82) is 0 Å². The Bertz CT molecular complexity index is 343. The van der Waals surface area contributed by atoms with Gasteiger partial charge in [-0.25, -0.2) is 4.79 Å². The lowest BCUT2D eigenvalue weighted by molar-refractivity contribution is 0.0702. The number of carbonyl (C=O) groups is 1. The third kappa shape index (κ3) is 1.62. The predicted octanol–water partition coefficient (Wildman–Crippen LogP) is 1.39. The van der Waals surface area contributed by atoms with Gasteiger partial charge in [0.05, 0.1) is 0 Å². The van der Waals surface area contributed by atoms with Gasteiger partial charge in [-0.2, -0.15) is 0 Å². The average Bonchev–Trinajstić information content (AvgIpc) is 2.30. The van der Waals surface area contributed by atoms with Gasteiger partial charge in [-0.1, -0.05) is 12.2 Å². The Labute approximate surface area is 78.8 Å². The molecule has 0 aromatic carbocycles. The molecule has 1 rings (SSSR count). The van der Waals surface area contributed by atoms with Crippen LogP contribution in [0, 0.1) is 6.92 Å². The summed E-state index contributed by atoms with van der Waals surface area (Å²) in [6.07, 6.45) is 0. The minimum Gasteiger partial charge on any atom is -0.477 e. The number of thiocarbonyl (C=S) groups is 1. The van der Waals surface area contributed by atoms with Gasteiger partial charge in [-0.3, -0.25) is 0 Å². The first-order valence-corrected chi connectivity index (χ1v) is 4.38. The molecule has 3 nitrogen and oxygen atoms in total. The molecular formula is C7H7NO2S2. The fourth-order valence-corrected chi connectivity index (χ4v) is 1.98. The van der Waals surface area contributed by atoms with Crippen molar-refractivity contribution in [3.63, 3.8) is 0 Å². The second kappa shape index (κ2) is 3.20. The molecule has 0 radical (unpaired) electrons. The van der Waals surface area contributed by atoms with Crippen LogP contribution in [0.1, 0.15) is 20.1 Å². The molecule has 3 N–H and O–H groups in total. The number of hydrogen-bond donors (Lipinski definition) is 2. The van der Waals surface area contributed by atoms with E-state index in [-0.39, 0.29) is 9.87 Å². The lowest BCUT2D eigenvalue weighted by Crippen LogP contribution is -2.09. The fourth-order valence-electron chi connectivity index (χ4n) is 0.832. The van der Waals surface area contributed by atoms with Crippen molar-refractivity contribution in [2.24, 2.45) is 5.73 Å².